The molecule has 68 heavy (non-hydrogen) atoms. The predicted octanol–water partition coefficient (Wildman–Crippen LogP) is 13.7. The van der Waals surface area contributed by atoms with E-state index >= 15 is 0 Å². The number of rotatable bonds is 45. The van der Waals surface area contributed by atoms with Crippen molar-refractivity contribution < 1.29 is 44.2 Å². The van der Waals surface area contributed by atoms with Gasteiger partial charge in [-0.2, -0.15) is 0 Å². The predicted molar refractivity (Wildman–Crippen MR) is 283 cm³/mol. The van der Waals surface area contributed by atoms with E-state index in [-0.39, 0.29) is 25.6 Å². The van der Waals surface area contributed by atoms with E-state index in [0.717, 1.165) is 83.5 Å². The fourth-order valence-corrected chi connectivity index (χ4v) is 7.50. The van der Waals surface area contributed by atoms with Crippen LogP contribution >= 0.6 is 0 Å². The second-order valence-corrected chi connectivity index (χ2v) is 17.9. The maximum absolute atomic E-state index is 12.9. The van der Waals surface area contributed by atoms with Crippen LogP contribution in [0.4, 0.5) is 0 Å². The van der Waals surface area contributed by atoms with E-state index in [1.807, 2.05) is 0 Å². The minimum atomic E-state index is -1.55. The summed E-state index contributed by atoms with van der Waals surface area (Å²) in [6.07, 6.45) is 62.6. The van der Waals surface area contributed by atoms with Gasteiger partial charge in [0, 0.05) is 13.0 Å². The second kappa shape index (κ2) is 48.9. The molecule has 0 aromatic rings. The van der Waals surface area contributed by atoms with Crippen molar-refractivity contribution in [1.82, 2.24) is 0 Å². The number of allylic oxidation sites excluding steroid dienone is 18. The minimum absolute atomic E-state index is 0.122. The van der Waals surface area contributed by atoms with Crippen LogP contribution in [0.15, 0.2) is 109 Å². The van der Waals surface area contributed by atoms with Gasteiger partial charge in [0.2, 0.25) is 0 Å². The Kier molecular flexibility index (Phi) is 45.2. The summed E-state index contributed by atoms with van der Waals surface area (Å²) in [5.41, 5.74) is 0. The van der Waals surface area contributed by atoms with E-state index in [9.17, 15) is 25.2 Å². The SMILES string of the molecule is CC/C=C\C/C=C\C/C=C\C/C=C\C/C=C\C/C=C\C/C=C\CCCCCC(=O)OC(COCCCCCCCCCCCC/C=C\C/C=C\CCCCC)COC1OC(CO)C(O)C(O)C1O. The van der Waals surface area contributed by atoms with E-state index in [0.29, 0.717) is 13.0 Å². The summed E-state index contributed by atoms with van der Waals surface area (Å²) >= 11 is 0. The molecule has 9 nitrogen and oxygen atoms in total. The van der Waals surface area contributed by atoms with E-state index in [2.05, 4.69) is 123 Å². The first-order chi connectivity index (χ1) is 33.4. The molecule has 0 aromatic heterocycles. The lowest BCUT2D eigenvalue weighted by molar-refractivity contribution is -0.305. The molecule has 6 atom stereocenters. The van der Waals surface area contributed by atoms with Crippen molar-refractivity contribution in [3.05, 3.63) is 109 Å². The van der Waals surface area contributed by atoms with Gasteiger partial charge in [-0.15, -0.1) is 0 Å². The summed E-state index contributed by atoms with van der Waals surface area (Å²) < 4.78 is 22.9. The van der Waals surface area contributed by atoms with Gasteiger partial charge in [-0.1, -0.05) is 194 Å². The Balaban J connectivity index is 2.24. The highest BCUT2D eigenvalue weighted by Gasteiger charge is 2.44. The number of aliphatic hydroxyl groups excluding tert-OH is 4. The molecule has 1 aliphatic rings. The first kappa shape index (κ1) is 62.9. The Morgan fingerprint density at radius 2 is 0.897 bits per heavy atom. The number of unbranched alkanes of at least 4 members (excludes halogenated alkanes) is 16. The van der Waals surface area contributed by atoms with Crippen molar-refractivity contribution >= 4 is 5.97 Å². The number of hydrogen-bond donors (Lipinski definition) is 4. The number of ether oxygens (including phenoxy) is 4. The van der Waals surface area contributed by atoms with Crippen LogP contribution in [0.5, 0.6) is 0 Å². The average molecular weight is 951 g/mol. The fourth-order valence-electron chi connectivity index (χ4n) is 7.50. The number of carbonyl (C=O) groups is 1. The largest absolute Gasteiger partial charge is 0.457 e. The first-order valence-electron chi connectivity index (χ1n) is 27.0. The van der Waals surface area contributed by atoms with Crippen molar-refractivity contribution in [2.45, 2.75) is 230 Å². The van der Waals surface area contributed by atoms with Crippen molar-refractivity contribution in [2.24, 2.45) is 0 Å². The number of hydrogen-bond acceptors (Lipinski definition) is 9. The zero-order chi connectivity index (χ0) is 49.2. The molecule has 4 N–H and O–H groups in total. The van der Waals surface area contributed by atoms with Crippen molar-refractivity contribution in [3.63, 3.8) is 0 Å². The molecule has 1 fully saturated rings. The number of carbonyl (C=O) groups excluding carboxylic acids is 1. The molecule has 1 saturated heterocycles. The summed E-state index contributed by atoms with van der Waals surface area (Å²) in [5, 5.41) is 40.3. The Morgan fingerprint density at radius 3 is 1.35 bits per heavy atom. The zero-order valence-corrected chi connectivity index (χ0v) is 42.8. The molecule has 1 rings (SSSR count). The lowest BCUT2D eigenvalue weighted by Crippen LogP contribution is -2.59. The van der Waals surface area contributed by atoms with E-state index < -0.39 is 43.4 Å². The highest BCUT2D eigenvalue weighted by atomic mass is 16.7. The molecule has 1 heterocycles. The third-order valence-corrected chi connectivity index (χ3v) is 11.7. The molecule has 6 unspecified atom stereocenters. The van der Waals surface area contributed by atoms with Crippen LogP contribution in [0.25, 0.3) is 0 Å². The highest BCUT2D eigenvalue weighted by molar-refractivity contribution is 5.69. The van der Waals surface area contributed by atoms with Gasteiger partial charge in [0.25, 0.3) is 0 Å². The Morgan fingerprint density at radius 1 is 0.485 bits per heavy atom. The molecule has 0 amide bonds. The number of esters is 1. The molecular formula is C59H98O9. The Bertz CT molecular complexity index is 1410. The first-order valence-corrected chi connectivity index (χ1v) is 27.0. The van der Waals surface area contributed by atoms with E-state index in [1.54, 1.807) is 0 Å². The summed E-state index contributed by atoms with van der Waals surface area (Å²) in [6, 6.07) is 0. The van der Waals surface area contributed by atoms with Crippen LogP contribution in [0.2, 0.25) is 0 Å². The maximum atomic E-state index is 12.9. The van der Waals surface area contributed by atoms with E-state index in [1.165, 1.54) is 83.5 Å². The van der Waals surface area contributed by atoms with Crippen LogP contribution in [0, 0.1) is 0 Å². The number of aliphatic hydroxyl groups is 4. The summed E-state index contributed by atoms with van der Waals surface area (Å²) in [4.78, 5) is 12.9. The van der Waals surface area contributed by atoms with Crippen molar-refractivity contribution in [1.29, 1.82) is 0 Å². The van der Waals surface area contributed by atoms with E-state index in [4.69, 9.17) is 18.9 Å². The van der Waals surface area contributed by atoms with Crippen LogP contribution < -0.4 is 0 Å². The smallest absolute Gasteiger partial charge is 0.306 e. The van der Waals surface area contributed by atoms with Gasteiger partial charge < -0.3 is 39.4 Å². The molecule has 0 radical (unpaired) electrons. The molecule has 0 saturated carbocycles. The van der Waals surface area contributed by atoms with Crippen LogP contribution in [0.3, 0.4) is 0 Å². The third kappa shape index (κ3) is 38.7. The second-order valence-electron chi connectivity index (χ2n) is 17.9. The van der Waals surface area contributed by atoms with Crippen LogP contribution in [-0.4, -0.2) is 89.6 Å². The maximum Gasteiger partial charge on any atom is 0.306 e. The molecular weight excluding hydrogens is 853 g/mol. The van der Waals surface area contributed by atoms with Crippen molar-refractivity contribution in [3.8, 4) is 0 Å². The molecule has 0 aromatic carbocycles. The zero-order valence-electron chi connectivity index (χ0n) is 42.8. The summed E-state index contributed by atoms with van der Waals surface area (Å²) in [6.45, 7) is 4.36. The van der Waals surface area contributed by atoms with Crippen LogP contribution in [0.1, 0.15) is 194 Å². The monoisotopic (exact) mass is 951 g/mol. The molecule has 9 heteroatoms. The average Bonchev–Trinajstić information content (AvgIpc) is 3.34. The van der Waals surface area contributed by atoms with Crippen molar-refractivity contribution in [2.75, 3.05) is 26.4 Å². The standard InChI is InChI=1S/C59H98O9/c1-3-5-7-9-11-13-15-17-19-21-23-25-26-27-28-29-30-32-34-36-38-40-42-44-46-48-55(61)67-53(52-66-59-58(64)57(63)56(62)54(50-60)68-59)51-65-49-47-45-43-41-39-37-35-33-31-24-22-20-18-16-14-12-10-8-6-4-2/h5,7,11-14,17-20,23,25,27-28,30,32,36,38,53-54,56-60,62-64H,3-4,6,8-10,15-16,21-22,24,26,29,31,33-35,37,39-52H2,1-2H3/b7-5-,13-11-,14-12-,19-17-,20-18-,25-23-,28-27-,32-30-,38-36-. The quantitative estimate of drug-likeness (QED) is 0.0267. The Labute approximate surface area is 414 Å². The molecule has 1 aliphatic heterocycles. The normalized spacial score (nSPS) is 20.0. The van der Waals surface area contributed by atoms with Gasteiger partial charge in [0.15, 0.2) is 6.29 Å². The van der Waals surface area contributed by atoms with Crippen LogP contribution in [-0.2, 0) is 23.7 Å². The van der Waals surface area contributed by atoms with Gasteiger partial charge in [0.1, 0.15) is 30.5 Å². The van der Waals surface area contributed by atoms with Gasteiger partial charge in [-0.05, 0) is 103 Å². The Hall–Kier alpha value is -3.15. The van der Waals surface area contributed by atoms with Gasteiger partial charge in [-0.3, -0.25) is 4.79 Å². The molecule has 0 aliphatic carbocycles. The van der Waals surface area contributed by atoms with Gasteiger partial charge >= 0.3 is 5.97 Å². The molecule has 388 valence electrons. The summed E-state index contributed by atoms with van der Waals surface area (Å²) in [5.74, 6) is -0.350. The molecule has 0 bridgehead atoms. The summed E-state index contributed by atoms with van der Waals surface area (Å²) in [7, 11) is 0. The lowest BCUT2D eigenvalue weighted by atomic mass is 9.99. The van der Waals surface area contributed by atoms with Gasteiger partial charge in [-0.25, -0.2) is 0 Å². The van der Waals surface area contributed by atoms with Gasteiger partial charge in [0.05, 0.1) is 19.8 Å². The highest BCUT2D eigenvalue weighted by Crippen LogP contribution is 2.22. The topological polar surface area (TPSA) is 135 Å². The lowest BCUT2D eigenvalue weighted by Gasteiger charge is -2.39. The minimum Gasteiger partial charge on any atom is -0.457 e. The fraction of sp³-hybridized carbons (Fsp3) is 0.678. The molecule has 0 spiro atoms. The third-order valence-electron chi connectivity index (χ3n) is 11.7.